The topological polar surface area (TPSA) is 96.4 Å². The van der Waals surface area contributed by atoms with Gasteiger partial charge in [0.1, 0.15) is 6.04 Å². The first-order valence-corrected chi connectivity index (χ1v) is 6.13. The number of nitrogens with zero attached hydrogens (tertiary/aromatic N) is 2. The number of nitriles is 1. The van der Waals surface area contributed by atoms with Crippen molar-refractivity contribution in [2.24, 2.45) is 17.6 Å². The van der Waals surface area contributed by atoms with Crippen molar-refractivity contribution in [3.8, 4) is 6.07 Å². The molecule has 0 aromatic heterocycles. The zero-order valence-electron chi connectivity index (χ0n) is 10.3. The van der Waals surface area contributed by atoms with Gasteiger partial charge in [-0.25, -0.2) is 0 Å². The molecule has 0 radical (unpaired) electrons. The van der Waals surface area contributed by atoms with Crippen molar-refractivity contribution in [2.75, 3.05) is 13.7 Å². The fourth-order valence-electron chi connectivity index (χ4n) is 2.57. The molecule has 1 saturated heterocycles. The lowest BCUT2D eigenvalue weighted by molar-refractivity contribution is -0.142. The van der Waals surface area contributed by atoms with Crippen LogP contribution < -0.4 is 5.73 Å². The second kappa shape index (κ2) is 4.94. The van der Waals surface area contributed by atoms with E-state index in [9.17, 15) is 9.59 Å². The Balaban J connectivity index is 1.95. The van der Waals surface area contributed by atoms with Crippen LogP contribution in [-0.2, 0) is 14.3 Å². The molecule has 3 unspecified atom stereocenters. The van der Waals surface area contributed by atoms with Crippen LogP contribution in [0.1, 0.15) is 19.3 Å². The van der Waals surface area contributed by atoms with E-state index in [1.54, 1.807) is 0 Å². The molecule has 0 aromatic rings. The van der Waals surface area contributed by atoms with Gasteiger partial charge in [-0.2, -0.15) is 5.26 Å². The van der Waals surface area contributed by atoms with E-state index < -0.39 is 6.04 Å². The number of esters is 1. The average Bonchev–Trinajstić information content (AvgIpc) is 3.05. The van der Waals surface area contributed by atoms with Crippen molar-refractivity contribution >= 4 is 11.9 Å². The summed E-state index contributed by atoms with van der Waals surface area (Å²) in [4.78, 5) is 25.0. The Morgan fingerprint density at radius 1 is 1.56 bits per heavy atom. The number of carbonyl (C=O) groups is 2. The summed E-state index contributed by atoms with van der Waals surface area (Å²) in [6.07, 6.45) is 2.15. The van der Waals surface area contributed by atoms with Gasteiger partial charge in [-0.1, -0.05) is 0 Å². The van der Waals surface area contributed by atoms with Crippen molar-refractivity contribution in [3.63, 3.8) is 0 Å². The van der Waals surface area contributed by atoms with Crippen LogP contribution in [0.3, 0.4) is 0 Å². The zero-order chi connectivity index (χ0) is 13.3. The Labute approximate surface area is 106 Å². The fourth-order valence-corrected chi connectivity index (χ4v) is 2.57. The first-order chi connectivity index (χ1) is 8.60. The van der Waals surface area contributed by atoms with E-state index in [1.807, 2.05) is 0 Å². The number of carbonyl (C=O) groups excluding carboxylic acids is 2. The van der Waals surface area contributed by atoms with Crippen LogP contribution in [0.2, 0.25) is 0 Å². The molecule has 2 aliphatic rings. The quantitative estimate of drug-likeness (QED) is 0.691. The highest BCUT2D eigenvalue weighted by Gasteiger charge is 2.51. The molecule has 6 nitrogen and oxygen atoms in total. The van der Waals surface area contributed by atoms with Crippen LogP contribution in [-0.4, -0.2) is 42.5 Å². The maximum Gasteiger partial charge on any atom is 0.309 e. The summed E-state index contributed by atoms with van der Waals surface area (Å²) in [6.45, 7) is 0.584. The van der Waals surface area contributed by atoms with Gasteiger partial charge in [0.25, 0.3) is 0 Å². The second-order valence-corrected chi connectivity index (χ2v) is 4.87. The molecule has 2 fully saturated rings. The summed E-state index contributed by atoms with van der Waals surface area (Å²) in [6, 6.07) is 1.06. The molecular weight excluding hydrogens is 234 g/mol. The number of likely N-dealkylation sites (tertiary alicyclic amines) is 1. The van der Waals surface area contributed by atoms with Crippen molar-refractivity contribution in [3.05, 3.63) is 0 Å². The van der Waals surface area contributed by atoms with E-state index in [2.05, 4.69) is 10.8 Å². The van der Waals surface area contributed by atoms with E-state index >= 15 is 0 Å². The van der Waals surface area contributed by atoms with Gasteiger partial charge in [0.2, 0.25) is 5.91 Å². The van der Waals surface area contributed by atoms with Gasteiger partial charge < -0.3 is 15.4 Å². The summed E-state index contributed by atoms with van der Waals surface area (Å²) >= 11 is 0. The average molecular weight is 251 g/mol. The van der Waals surface area contributed by atoms with E-state index in [0.29, 0.717) is 19.4 Å². The molecule has 1 aliphatic heterocycles. The predicted octanol–water partition coefficient (Wildman–Crippen LogP) is -0.363. The summed E-state index contributed by atoms with van der Waals surface area (Å²) < 4.78 is 4.63. The molecule has 0 bridgehead atoms. The van der Waals surface area contributed by atoms with E-state index in [-0.39, 0.29) is 29.8 Å². The zero-order valence-corrected chi connectivity index (χ0v) is 10.3. The molecular formula is C12H17N3O3. The number of hydrogen-bond donors (Lipinski definition) is 1. The van der Waals surface area contributed by atoms with Gasteiger partial charge in [-0.3, -0.25) is 9.59 Å². The molecule has 0 spiro atoms. The van der Waals surface area contributed by atoms with Crippen molar-refractivity contribution in [1.29, 1.82) is 5.26 Å². The first kappa shape index (κ1) is 12.8. The molecule has 0 aromatic carbocycles. The lowest BCUT2D eigenvalue weighted by Gasteiger charge is -2.23. The van der Waals surface area contributed by atoms with Gasteiger partial charge in [0.05, 0.1) is 25.1 Å². The Bertz CT molecular complexity index is 404. The smallest absolute Gasteiger partial charge is 0.309 e. The third kappa shape index (κ3) is 2.18. The molecule has 2 N–H and O–H groups in total. The van der Waals surface area contributed by atoms with Crippen LogP contribution in [0.4, 0.5) is 0 Å². The minimum atomic E-state index is -0.692. The van der Waals surface area contributed by atoms with Crippen LogP contribution in [0.15, 0.2) is 0 Å². The number of amides is 1. The molecule has 2 rings (SSSR count). The van der Waals surface area contributed by atoms with E-state index in [0.717, 1.165) is 6.42 Å². The number of nitrogens with two attached hydrogens (primary N) is 1. The van der Waals surface area contributed by atoms with E-state index in [1.165, 1.54) is 12.0 Å². The van der Waals surface area contributed by atoms with Gasteiger partial charge in [-0.05, 0) is 25.2 Å². The van der Waals surface area contributed by atoms with Gasteiger partial charge in [0.15, 0.2) is 0 Å². The maximum atomic E-state index is 12.2. The van der Waals surface area contributed by atoms with Gasteiger partial charge in [0, 0.05) is 6.54 Å². The van der Waals surface area contributed by atoms with Crippen LogP contribution in [0.5, 0.6) is 0 Å². The molecule has 1 heterocycles. The van der Waals surface area contributed by atoms with Crippen LogP contribution in [0.25, 0.3) is 0 Å². The summed E-state index contributed by atoms with van der Waals surface area (Å²) in [5.74, 6) is -0.904. The first-order valence-electron chi connectivity index (χ1n) is 6.13. The predicted molar refractivity (Wildman–Crippen MR) is 61.9 cm³/mol. The molecule has 1 saturated carbocycles. The summed E-state index contributed by atoms with van der Waals surface area (Å²) in [5, 5.41) is 8.94. The molecule has 1 aliphatic carbocycles. The highest BCUT2D eigenvalue weighted by atomic mass is 16.5. The Morgan fingerprint density at radius 3 is 2.89 bits per heavy atom. The SMILES string of the molecule is COC(=O)C1CC1C(N)C(=O)N1CCC[C@H]1C#N. The van der Waals surface area contributed by atoms with Gasteiger partial charge >= 0.3 is 5.97 Å². The minimum Gasteiger partial charge on any atom is -0.469 e. The number of ether oxygens (including phenoxy) is 1. The van der Waals surface area contributed by atoms with Crippen molar-refractivity contribution in [2.45, 2.75) is 31.3 Å². The Morgan fingerprint density at radius 2 is 2.28 bits per heavy atom. The number of hydrogen-bond acceptors (Lipinski definition) is 5. The Kier molecular flexibility index (Phi) is 3.53. The second-order valence-electron chi connectivity index (χ2n) is 4.87. The molecule has 6 heteroatoms. The lowest BCUT2D eigenvalue weighted by Crippen LogP contribution is -2.47. The normalized spacial score (nSPS) is 31.6. The van der Waals surface area contributed by atoms with Crippen molar-refractivity contribution in [1.82, 2.24) is 4.90 Å². The lowest BCUT2D eigenvalue weighted by atomic mass is 10.1. The molecule has 4 atom stereocenters. The van der Waals surface area contributed by atoms with E-state index in [4.69, 9.17) is 11.0 Å². The number of methoxy groups -OCH3 is 1. The number of rotatable bonds is 3. The molecule has 18 heavy (non-hydrogen) atoms. The third-order valence-electron chi connectivity index (χ3n) is 3.78. The Hall–Kier alpha value is -1.61. The minimum absolute atomic E-state index is 0.134. The van der Waals surface area contributed by atoms with Crippen molar-refractivity contribution < 1.29 is 14.3 Å². The highest BCUT2D eigenvalue weighted by Crippen LogP contribution is 2.42. The van der Waals surface area contributed by atoms with Crippen LogP contribution >= 0.6 is 0 Å². The standard InChI is InChI=1S/C12H17N3O3/c1-18-12(17)9-5-8(9)10(14)11(16)15-4-2-3-7(15)6-13/h7-10H,2-5,14H2,1H3/t7-,8?,9?,10?/m0/s1. The fraction of sp³-hybridized carbons (Fsp3) is 0.750. The molecule has 98 valence electrons. The maximum absolute atomic E-state index is 12.2. The van der Waals surface area contributed by atoms with Crippen LogP contribution in [0, 0.1) is 23.2 Å². The summed E-state index contributed by atoms with van der Waals surface area (Å²) in [5.41, 5.74) is 5.89. The monoisotopic (exact) mass is 251 g/mol. The highest BCUT2D eigenvalue weighted by molar-refractivity contribution is 5.85. The summed E-state index contributed by atoms with van der Waals surface area (Å²) in [7, 11) is 1.33. The van der Waals surface area contributed by atoms with Gasteiger partial charge in [-0.15, -0.1) is 0 Å². The molecule has 1 amide bonds. The largest absolute Gasteiger partial charge is 0.469 e. The third-order valence-corrected chi connectivity index (χ3v) is 3.78.